The summed E-state index contributed by atoms with van der Waals surface area (Å²) in [5, 5.41) is 15.4. The number of aliphatic hydroxyl groups excluding tert-OH is 1. The number of nitrogens with one attached hydrogen (secondary N) is 2. The van der Waals surface area contributed by atoms with Crippen LogP contribution in [0.2, 0.25) is 0 Å². The summed E-state index contributed by atoms with van der Waals surface area (Å²) in [5.41, 5.74) is -0.115. The van der Waals surface area contributed by atoms with Crippen LogP contribution in [0.5, 0.6) is 0 Å². The van der Waals surface area contributed by atoms with Crippen LogP contribution in [-0.2, 0) is 0 Å². The summed E-state index contributed by atoms with van der Waals surface area (Å²) in [4.78, 5) is 12.0. The predicted octanol–water partition coefficient (Wildman–Crippen LogP) is 2.27. The molecule has 3 N–H and O–H groups in total. The fourth-order valence-electron chi connectivity index (χ4n) is 2.28. The van der Waals surface area contributed by atoms with Gasteiger partial charge in [-0.3, -0.25) is 0 Å². The van der Waals surface area contributed by atoms with Crippen LogP contribution in [0.1, 0.15) is 53.9 Å². The zero-order valence-electron chi connectivity index (χ0n) is 12.3. The number of carbonyl (C=O) groups excluding carboxylic acids is 1. The zero-order chi connectivity index (χ0) is 14.0. The fraction of sp³-hybridized carbons (Fsp3) is 0.929. The fourth-order valence-corrected chi connectivity index (χ4v) is 2.28. The highest BCUT2D eigenvalue weighted by Gasteiger charge is 2.39. The first-order chi connectivity index (χ1) is 8.19. The topological polar surface area (TPSA) is 61.4 Å². The molecule has 106 valence electrons. The van der Waals surface area contributed by atoms with Crippen LogP contribution in [0.4, 0.5) is 4.79 Å². The summed E-state index contributed by atoms with van der Waals surface area (Å²) >= 11 is 0. The van der Waals surface area contributed by atoms with E-state index >= 15 is 0 Å². The van der Waals surface area contributed by atoms with E-state index in [9.17, 15) is 9.90 Å². The summed E-state index contributed by atoms with van der Waals surface area (Å²) in [5.74, 6) is 0. The monoisotopic (exact) mass is 256 g/mol. The van der Waals surface area contributed by atoms with E-state index in [0.29, 0.717) is 0 Å². The Bertz CT molecular complexity index is 299. The average Bonchev–Trinajstić information content (AvgIpc) is 2.59. The second-order valence-corrected chi connectivity index (χ2v) is 6.96. The maximum atomic E-state index is 12.0. The summed E-state index contributed by atoms with van der Waals surface area (Å²) in [6, 6.07) is 0.0676. The average molecular weight is 256 g/mol. The van der Waals surface area contributed by atoms with E-state index < -0.39 is 0 Å². The molecular weight excluding hydrogens is 228 g/mol. The number of hydrogen-bond donors (Lipinski definition) is 3. The molecule has 4 heteroatoms. The molecule has 0 saturated heterocycles. The smallest absolute Gasteiger partial charge is 0.315 e. The highest BCUT2D eigenvalue weighted by Crippen LogP contribution is 2.37. The van der Waals surface area contributed by atoms with Crippen LogP contribution in [0, 0.1) is 10.8 Å². The highest BCUT2D eigenvalue weighted by atomic mass is 16.3. The van der Waals surface area contributed by atoms with Crippen molar-refractivity contribution >= 4 is 6.03 Å². The molecule has 4 nitrogen and oxygen atoms in total. The lowest BCUT2D eigenvalue weighted by Crippen LogP contribution is -2.52. The predicted molar refractivity (Wildman–Crippen MR) is 73.4 cm³/mol. The number of rotatable bonds is 3. The molecule has 1 aliphatic carbocycles. The molecule has 1 saturated carbocycles. The molecule has 0 aromatic rings. The molecule has 3 unspecified atom stereocenters. The molecule has 18 heavy (non-hydrogen) atoms. The van der Waals surface area contributed by atoms with Crippen LogP contribution in [0.25, 0.3) is 0 Å². The van der Waals surface area contributed by atoms with Gasteiger partial charge in [0.15, 0.2) is 0 Å². The number of amides is 2. The van der Waals surface area contributed by atoms with Gasteiger partial charge in [0.2, 0.25) is 0 Å². The number of urea groups is 1. The minimum absolute atomic E-state index is 0.0489. The summed E-state index contributed by atoms with van der Waals surface area (Å²) in [7, 11) is 0. The SMILES string of the molecule is CC(NC(=O)NC1CCCC1(C)CO)C(C)(C)C. The molecular formula is C14H28N2O2. The molecule has 1 fully saturated rings. The zero-order valence-corrected chi connectivity index (χ0v) is 12.3. The minimum atomic E-state index is -0.164. The van der Waals surface area contributed by atoms with Gasteiger partial charge in [0, 0.05) is 17.5 Å². The molecule has 1 rings (SSSR count). The molecule has 0 aliphatic heterocycles. The van der Waals surface area contributed by atoms with Crippen molar-refractivity contribution in [2.45, 2.75) is 66.0 Å². The lowest BCUT2D eigenvalue weighted by Gasteiger charge is -2.32. The molecule has 0 bridgehead atoms. The van der Waals surface area contributed by atoms with E-state index in [1.54, 1.807) is 0 Å². The Morgan fingerprint density at radius 3 is 2.61 bits per heavy atom. The van der Waals surface area contributed by atoms with Crippen molar-refractivity contribution in [3.05, 3.63) is 0 Å². The van der Waals surface area contributed by atoms with Gasteiger partial charge in [-0.25, -0.2) is 4.79 Å². The maximum Gasteiger partial charge on any atom is 0.315 e. The Morgan fingerprint density at radius 2 is 2.11 bits per heavy atom. The first-order valence-corrected chi connectivity index (χ1v) is 6.87. The first-order valence-electron chi connectivity index (χ1n) is 6.87. The van der Waals surface area contributed by atoms with Crippen molar-refractivity contribution in [1.82, 2.24) is 10.6 Å². The number of carbonyl (C=O) groups is 1. The van der Waals surface area contributed by atoms with E-state index in [1.165, 1.54) is 0 Å². The van der Waals surface area contributed by atoms with E-state index in [4.69, 9.17) is 0 Å². The van der Waals surface area contributed by atoms with Crippen LogP contribution < -0.4 is 10.6 Å². The number of hydrogen-bond acceptors (Lipinski definition) is 2. The van der Waals surface area contributed by atoms with Crippen molar-refractivity contribution in [1.29, 1.82) is 0 Å². The van der Waals surface area contributed by atoms with Crippen LogP contribution in [-0.4, -0.2) is 29.8 Å². The first kappa shape index (κ1) is 15.3. The standard InChI is InChI=1S/C14H28N2O2/c1-10(13(2,3)4)15-12(18)16-11-7-6-8-14(11,5)9-17/h10-11,17H,6-9H2,1-5H3,(H2,15,16,18). The Hall–Kier alpha value is -0.770. The molecule has 0 aromatic heterocycles. The Balaban J connectivity index is 2.50. The van der Waals surface area contributed by atoms with Crippen molar-refractivity contribution < 1.29 is 9.90 Å². The maximum absolute atomic E-state index is 12.0. The quantitative estimate of drug-likeness (QED) is 0.725. The van der Waals surface area contributed by atoms with Crippen LogP contribution >= 0.6 is 0 Å². The largest absolute Gasteiger partial charge is 0.396 e. The van der Waals surface area contributed by atoms with Gasteiger partial charge in [-0.1, -0.05) is 34.1 Å². The molecule has 0 aromatic carbocycles. The van der Waals surface area contributed by atoms with Gasteiger partial charge in [0.25, 0.3) is 0 Å². The Kier molecular flexibility index (Phi) is 4.65. The summed E-state index contributed by atoms with van der Waals surface area (Å²) in [6.45, 7) is 10.5. The second kappa shape index (κ2) is 5.47. The third-order valence-electron chi connectivity index (χ3n) is 4.40. The van der Waals surface area contributed by atoms with E-state index in [2.05, 4.69) is 31.4 Å². The van der Waals surface area contributed by atoms with Crippen LogP contribution in [0.15, 0.2) is 0 Å². The van der Waals surface area contributed by atoms with Crippen molar-refractivity contribution in [2.75, 3.05) is 6.61 Å². The normalized spacial score (nSPS) is 30.0. The molecule has 3 atom stereocenters. The molecule has 2 amide bonds. The van der Waals surface area contributed by atoms with Gasteiger partial charge < -0.3 is 15.7 Å². The summed E-state index contributed by atoms with van der Waals surface area (Å²) in [6.07, 6.45) is 2.99. The van der Waals surface area contributed by atoms with Gasteiger partial charge >= 0.3 is 6.03 Å². The Labute approximate surface area is 111 Å². The Morgan fingerprint density at radius 1 is 1.50 bits per heavy atom. The number of aliphatic hydroxyl groups is 1. The van der Waals surface area contributed by atoms with E-state index in [0.717, 1.165) is 19.3 Å². The van der Waals surface area contributed by atoms with Crippen molar-refractivity contribution in [3.63, 3.8) is 0 Å². The van der Waals surface area contributed by atoms with Gasteiger partial charge in [-0.05, 0) is 25.2 Å². The van der Waals surface area contributed by atoms with Gasteiger partial charge in [0.05, 0.1) is 6.61 Å². The summed E-state index contributed by atoms with van der Waals surface area (Å²) < 4.78 is 0. The van der Waals surface area contributed by atoms with Crippen LogP contribution in [0.3, 0.4) is 0 Å². The third kappa shape index (κ3) is 3.61. The van der Waals surface area contributed by atoms with Gasteiger partial charge in [0.1, 0.15) is 0 Å². The minimum Gasteiger partial charge on any atom is -0.396 e. The third-order valence-corrected chi connectivity index (χ3v) is 4.40. The van der Waals surface area contributed by atoms with Gasteiger partial charge in [-0.2, -0.15) is 0 Å². The van der Waals surface area contributed by atoms with E-state index in [1.807, 2.05) is 13.8 Å². The molecule has 1 aliphatic rings. The van der Waals surface area contributed by atoms with Gasteiger partial charge in [-0.15, -0.1) is 0 Å². The second-order valence-electron chi connectivity index (χ2n) is 6.96. The lowest BCUT2D eigenvalue weighted by atomic mass is 9.86. The van der Waals surface area contributed by atoms with E-state index in [-0.39, 0.29) is 35.6 Å². The molecule has 0 spiro atoms. The molecule has 0 heterocycles. The highest BCUT2D eigenvalue weighted by molar-refractivity contribution is 5.74. The molecule has 0 radical (unpaired) electrons. The van der Waals surface area contributed by atoms with Crippen molar-refractivity contribution in [2.24, 2.45) is 10.8 Å². The lowest BCUT2D eigenvalue weighted by molar-refractivity contribution is 0.120. The van der Waals surface area contributed by atoms with Crippen molar-refractivity contribution in [3.8, 4) is 0 Å².